The maximum Gasteiger partial charge on any atom is 0.293 e. The standard InChI is InChI=1S/C18H15NO4S/c1-3-9-19-17(20)16(24-18(19)21)11-14-7-8-15(23-14)12-5-4-6-13(10-12)22-2/h3-8,10-11H,1,9H2,2H3/b16-11-. The number of thioether (sulfide) groups is 1. The highest BCUT2D eigenvalue weighted by molar-refractivity contribution is 8.18. The van der Waals surface area contributed by atoms with Crippen LogP contribution < -0.4 is 4.74 Å². The Labute approximate surface area is 143 Å². The lowest BCUT2D eigenvalue weighted by molar-refractivity contribution is -0.122. The number of ether oxygens (including phenoxy) is 1. The number of hydrogen-bond donors (Lipinski definition) is 0. The van der Waals surface area contributed by atoms with Crippen molar-refractivity contribution in [2.45, 2.75) is 0 Å². The van der Waals surface area contributed by atoms with Crippen LogP contribution in [0.3, 0.4) is 0 Å². The van der Waals surface area contributed by atoms with E-state index >= 15 is 0 Å². The predicted octanol–water partition coefficient (Wildman–Crippen LogP) is 4.18. The van der Waals surface area contributed by atoms with Crippen LogP contribution in [0.4, 0.5) is 4.79 Å². The van der Waals surface area contributed by atoms with Crippen molar-refractivity contribution in [2.24, 2.45) is 0 Å². The van der Waals surface area contributed by atoms with Crippen LogP contribution in [0.5, 0.6) is 5.75 Å². The first-order chi connectivity index (χ1) is 11.6. The highest BCUT2D eigenvalue weighted by atomic mass is 32.2. The van der Waals surface area contributed by atoms with Crippen molar-refractivity contribution < 1.29 is 18.7 Å². The maximum absolute atomic E-state index is 12.2. The number of carbonyl (C=O) groups is 2. The molecule has 24 heavy (non-hydrogen) atoms. The van der Waals surface area contributed by atoms with Gasteiger partial charge in [-0.15, -0.1) is 6.58 Å². The number of nitrogens with zero attached hydrogens (tertiary/aromatic N) is 1. The topological polar surface area (TPSA) is 59.8 Å². The van der Waals surface area contributed by atoms with Crippen LogP contribution in [0.1, 0.15) is 5.76 Å². The summed E-state index contributed by atoms with van der Waals surface area (Å²) in [6, 6.07) is 11.1. The number of furan rings is 1. The van der Waals surface area contributed by atoms with Crippen molar-refractivity contribution >= 4 is 29.0 Å². The van der Waals surface area contributed by atoms with Gasteiger partial charge in [0.25, 0.3) is 11.1 Å². The minimum Gasteiger partial charge on any atom is -0.497 e. The van der Waals surface area contributed by atoms with Crippen molar-refractivity contribution in [1.29, 1.82) is 0 Å². The lowest BCUT2D eigenvalue weighted by atomic mass is 10.2. The van der Waals surface area contributed by atoms with Gasteiger partial charge in [-0.25, -0.2) is 0 Å². The van der Waals surface area contributed by atoms with E-state index in [1.165, 1.54) is 6.08 Å². The van der Waals surface area contributed by atoms with E-state index in [1.54, 1.807) is 19.3 Å². The zero-order chi connectivity index (χ0) is 17.1. The molecule has 0 spiro atoms. The molecule has 2 amide bonds. The fraction of sp³-hybridized carbons (Fsp3) is 0.111. The molecule has 0 saturated carbocycles. The van der Waals surface area contributed by atoms with E-state index in [4.69, 9.17) is 9.15 Å². The third-order valence-electron chi connectivity index (χ3n) is 3.44. The Balaban J connectivity index is 1.85. The summed E-state index contributed by atoms with van der Waals surface area (Å²) < 4.78 is 11.0. The molecular formula is C18H15NO4S. The summed E-state index contributed by atoms with van der Waals surface area (Å²) in [5.74, 6) is 1.57. The molecule has 1 aliphatic rings. The zero-order valence-corrected chi connectivity index (χ0v) is 13.8. The summed E-state index contributed by atoms with van der Waals surface area (Å²) in [7, 11) is 1.60. The number of benzene rings is 1. The molecule has 1 aliphatic heterocycles. The molecule has 122 valence electrons. The van der Waals surface area contributed by atoms with Gasteiger partial charge in [-0.1, -0.05) is 18.2 Å². The van der Waals surface area contributed by atoms with Crippen LogP contribution in [0.25, 0.3) is 17.4 Å². The average molecular weight is 341 g/mol. The highest BCUT2D eigenvalue weighted by Gasteiger charge is 2.34. The molecule has 6 heteroatoms. The van der Waals surface area contributed by atoms with E-state index < -0.39 is 0 Å². The number of carbonyl (C=O) groups excluding carboxylic acids is 2. The van der Waals surface area contributed by atoms with Crippen LogP contribution in [-0.2, 0) is 4.79 Å². The van der Waals surface area contributed by atoms with Gasteiger partial charge in [0.1, 0.15) is 17.3 Å². The number of rotatable bonds is 5. The summed E-state index contributed by atoms with van der Waals surface area (Å²) in [5.41, 5.74) is 0.869. The monoisotopic (exact) mass is 341 g/mol. The van der Waals surface area contributed by atoms with E-state index in [2.05, 4.69) is 6.58 Å². The summed E-state index contributed by atoms with van der Waals surface area (Å²) in [6.07, 6.45) is 3.10. The summed E-state index contributed by atoms with van der Waals surface area (Å²) in [4.78, 5) is 25.5. The highest BCUT2D eigenvalue weighted by Crippen LogP contribution is 2.33. The molecule has 3 rings (SSSR count). The van der Waals surface area contributed by atoms with Crippen molar-refractivity contribution in [2.75, 3.05) is 13.7 Å². The average Bonchev–Trinajstić information content (AvgIpc) is 3.16. The molecule has 0 atom stereocenters. The van der Waals surface area contributed by atoms with Gasteiger partial charge >= 0.3 is 0 Å². The fourth-order valence-corrected chi connectivity index (χ4v) is 3.11. The smallest absolute Gasteiger partial charge is 0.293 e. The van der Waals surface area contributed by atoms with Crippen LogP contribution in [-0.4, -0.2) is 29.7 Å². The SMILES string of the molecule is C=CCN1C(=O)S/C(=C\c2ccc(-c3cccc(OC)c3)o2)C1=O. The Morgan fingerprint density at radius 3 is 2.88 bits per heavy atom. The van der Waals surface area contributed by atoms with Crippen LogP contribution >= 0.6 is 11.8 Å². The zero-order valence-electron chi connectivity index (χ0n) is 13.0. The van der Waals surface area contributed by atoms with Crippen LogP contribution in [0, 0.1) is 0 Å². The van der Waals surface area contributed by atoms with Crippen LogP contribution in [0.2, 0.25) is 0 Å². The van der Waals surface area contributed by atoms with Crippen molar-refractivity contribution in [3.8, 4) is 17.1 Å². The molecule has 1 fully saturated rings. The van der Waals surface area contributed by atoms with E-state index in [-0.39, 0.29) is 17.7 Å². The Bertz CT molecular complexity index is 837. The third kappa shape index (κ3) is 3.14. The lowest BCUT2D eigenvalue weighted by Gasteiger charge is -2.07. The maximum atomic E-state index is 12.2. The molecule has 0 radical (unpaired) electrons. The molecule has 0 unspecified atom stereocenters. The molecule has 0 bridgehead atoms. The van der Waals surface area contributed by atoms with Gasteiger partial charge in [0.15, 0.2) is 0 Å². The summed E-state index contributed by atoms with van der Waals surface area (Å²) in [5, 5.41) is -0.300. The second-order valence-corrected chi connectivity index (χ2v) is 6.01. The van der Waals surface area contributed by atoms with Gasteiger partial charge in [-0.05, 0) is 36.0 Å². The molecular weight excluding hydrogens is 326 g/mol. The van der Waals surface area contributed by atoms with Gasteiger partial charge in [0, 0.05) is 18.2 Å². The van der Waals surface area contributed by atoms with Gasteiger partial charge in [-0.2, -0.15) is 0 Å². The summed E-state index contributed by atoms with van der Waals surface area (Å²) >= 11 is 0.898. The minimum absolute atomic E-state index is 0.204. The number of hydrogen-bond acceptors (Lipinski definition) is 5. The third-order valence-corrected chi connectivity index (χ3v) is 4.35. The quantitative estimate of drug-likeness (QED) is 0.603. The Hall–Kier alpha value is -2.73. The number of amides is 2. The second kappa shape index (κ2) is 6.80. The van der Waals surface area contributed by atoms with E-state index in [1.807, 2.05) is 30.3 Å². The second-order valence-electron chi connectivity index (χ2n) is 5.01. The Morgan fingerprint density at radius 1 is 1.29 bits per heavy atom. The van der Waals surface area contributed by atoms with Crippen molar-refractivity contribution in [3.05, 3.63) is 59.7 Å². The number of imide groups is 1. The molecule has 2 heterocycles. The van der Waals surface area contributed by atoms with Gasteiger partial charge in [0.2, 0.25) is 0 Å². The lowest BCUT2D eigenvalue weighted by Crippen LogP contribution is -2.27. The molecule has 1 aromatic heterocycles. The first-order valence-corrected chi connectivity index (χ1v) is 8.04. The molecule has 5 nitrogen and oxygen atoms in total. The normalized spacial score (nSPS) is 16.0. The van der Waals surface area contributed by atoms with Gasteiger partial charge < -0.3 is 9.15 Å². The Kier molecular flexibility index (Phi) is 4.57. The molecule has 1 aromatic carbocycles. The van der Waals surface area contributed by atoms with Crippen molar-refractivity contribution in [1.82, 2.24) is 4.90 Å². The van der Waals surface area contributed by atoms with E-state index in [0.717, 1.165) is 28.0 Å². The fourth-order valence-electron chi connectivity index (χ4n) is 2.28. The Morgan fingerprint density at radius 2 is 2.12 bits per heavy atom. The largest absolute Gasteiger partial charge is 0.497 e. The first kappa shape index (κ1) is 16.1. The van der Waals surface area contributed by atoms with E-state index in [0.29, 0.717) is 16.4 Å². The van der Waals surface area contributed by atoms with Crippen molar-refractivity contribution in [3.63, 3.8) is 0 Å². The summed E-state index contributed by atoms with van der Waals surface area (Å²) in [6.45, 7) is 3.75. The van der Waals surface area contributed by atoms with E-state index in [9.17, 15) is 9.59 Å². The van der Waals surface area contributed by atoms with Gasteiger partial charge in [0.05, 0.1) is 12.0 Å². The first-order valence-electron chi connectivity index (χ1n) is 7.23. The molecule has 1 saturated heterocycles. The molecule has 2 aromatic rings. The molecule has 0 N–H and O–H groups in total. The van der Waals surface area contributed by atoms with Crippen LogP contribution in [0.15, 0.2) is 58.4 Å². The molecule has 0 aliphatic carbocycles. The predicted molar refractivity (Wildman–Crippen MR) is 93.6 cm³/mol. The van der Waals surface area contributed by atoms with Gasteiger partial charge in [-0.3, -0.25) is 14.5 Å². The number of methoxy groups -OCH3 is 1. The minimum atomic E-state index is -0.329.